The molecule has 1 aliphatic heterocycles. The molecule has 24 heavy (non-hydrogen) atoms. The highest BCUT2D eigenvalue weighted by atomic mass is 32.2. The van der Waals surface area contributed by atoms with Crippen molar-refractivity contribution in [2.45, 2.75) is 30.7 Å². The first kappa shape index (κ1) is 18.8. The summed E-state index contributed by atoms with van der Waals surface area (Å²) in [6, 6.07) is 4.21. The summed E-state index contributed by atoms with van der Waals surface area (Å²) < 4.78 is 23.6. The lowest BCUT2D eigenvalue weighted by Crippen LogP contribution is -2.47. The number of benzene rings is 1. The van der Waals surface area contributed by atoms with Crippen molar-refractivity contribution in [1.29, 1.82) is 0 Å². The Balaban J connectivity index is 2.41. The van der Waals surface area contributed by atoms with E-state index in [2.05, 4.69) is 0 Å². The van der Waals surface area contributed by atoms with E-state index in [4.69, 9.17) is 5.11 Å². The second-order valence-electron chi connectivity index (χ2n) is 5.77. The van der Waals surface area contributed by atoms with Gasteiger partial charge in [0.2, 0.25) is 0 Å². The minimum atomic E-state index is -3.42. The zero-order valence-corrected chi connectivity index (χ0v) is 15.3. The van der Waals surface area contributed by atoms with Gasteiger partial charge in [0.25, 0.3) is 5.91 Å². The maximum atomic E-state index is 13.0. The van der Waals surface area contributed by atoms with E-state index in [0.717, 1.165) is 17.6 Å². The Bertz CT molecular complexity index is 745. The fourth-order valence-corrected chi connectivity index (χ4v) is 4.45. The number of hydrogen-bond donors (Lipinski definition) is 1. The molecule has 1 N–H and O–H groups in total. The van der Waals surface area contributed by atoms with Crippen molar-refractivity contribution in [3.05, 3.63) is 29.3 Å². The summed E-state index contributed by atoms with van der Waals surface area (Å²) in [6.45, 7) is 2.36. The molecule has 1 fully saturated rings. The maximum absolute atomic E-state index is 13.0. The smallest absolute Gasteiger partial charge is 0.305 e. The molecule has 1 heterocycles. The molecule has 0 bridgehead atoms. The number of carboxylic acid groups (broad SMARTS) is 1. The van der Waals surface area contributed by atoms with Gasteiger partial charge in [-0.15, -0.1) is 0 Å². The Kier molecular flexibility index (Phi) is 5.92. The van der Waals surface area contributed by atoms with Crippen LogP contribution in [0, 0.1) is 0 Å². The van der Waals surface area contributed by atoms with Crippen LogP contribution >= 0.6 is 11.8 Å². The van der Waals surface area contributed by atoms with Gasteiger partial charge in [0.1, 0.15) is 0 Å². The first-order chi connectivity index (χ1) is 11.2. The maximum Gasteiger partial charge on any atom is 0.305 e. The average Bonchev–Trinajstić information content (AvgIpc) is 2.52. The third-order valence-electron chi connectivity index (χ3n) is 4.02. The molecule has 8 heteroatoms. The molecular formula is C16H21NO5S2. The molecule has 1 saturated heterocycles. The number of rotatable bonds is 5. The van der Waals surface area contributed by atoms with Crippen molar-refractivity contribution in [3.8, 4) is 0 Å². The Morgan fingerprint density at radius 3 is 2.67 bits per heavy atom. The molecular weight excluding hydrogens is 350 g/mol. The standard InChI is InChI=1S/C16H21NO5S2/c1-3-11-4-5-13(24(2,21)22)9-14(11)16(20)17-6-7-23-10-12(17)8-15(18)19/h4-5,9,12H,3,6-8,10H2,1-2H3,(H,18,19). The summed E-state index contributed by atoms with van der Waals surface area (Å²) in [5, 5.41) is 9.06. The number of carbonyl (C=O) groups is 2. The number of carboxylic acids is 1. The molecule has 0 spiro atoms. The van der Waals surface area contributed by atoms with Crippen molar-refractivity contribution >= 4 is 33.5 Å². The van der Waals surface area contributed by atoms with Crippen molar-refractivity contribution in [3.63, 3.8) is 0 Å². The van der Waals surface area contributed by atoms with Crippen molar-refractivity contribution in [1.82, 2.24) is 4.90 Å². The van der Waals surface area contributed by atoms with Crippen LogP contribution in [0.25, 0.3) is 0 Å². The van der Waals surface area contributed by atoms with Crippen molar-refractivity contribution < 1.29 is 23.1 Å². The van der Waals surface area contributed by atoms with Gasteiger partial charge >= 0.3 is 5.97 Å². The minimum absolute atomic E-state index is 0.101. The highest BCUT2D eigenvalue weighted by Crippen LogP contribution is 2.24. The molecule has 6 nitrogen and oxygen atoms in total. The van der Waals surface area contributed by atoms with E-state index in [1.54, 1.807) is 22.7 Å². The van der Waals surface area contributed by atoms with E-state index in [-0.39, 0.29) is 23.3 Å². The molecule has 1 aliphatic rings. The Morgan fingerprint density at radius 2 is 2.08 bits per heavy atom. The fourth-order valence-electron chi connectivity index (χ4n) is 2.74. The number of hydrogen-bond acceptors (Lipinski definition) is 5. The van der Waals surface area contributed by atoms with E-state index in [9.17, 15) is 18.0 Å². The van der Waals surface area contributed by atoms with Crippen molar-refractivity contribution in [2.24, 2.45) is 0 Å². The zero-order chi connectivity index (χ0) is 17.9. The number of carbonyl (C=O) groups excluding carboxylic acids is 1. The third kappa shape index (κ3) is 4.30. The summed E-state index contributed by atoms with van der Waals surface area (Å²) in [6.07, 6.45) is 1.59. The molecule has 2 rings (SSSR count). The highest BCUT2D eigenvalue weighted by molar-refractivity contribution is 7.99. The van der Waals surface area contributed by atoms with Crippen LogP contribution in [-0.2, 0) is 21.1 Å². The average molecular weight is 371 g/mol. The lowest BCUT2D eigenvalue weighted by Gasteiger charge is -2.35. The van der Waals surface area contributed by atoms with Crippen LogP contribution in [0.3, 0.4) is 0 Å². The molecule has 0 aromatic heterocycles. The van der Waals surface area contributed by atoms with E-state index in [1.807, 2.05) is 6.92 Å². The normalized spacial score (nSPS) is 18.4. The van der Waals surface area contributed by atoms with Gasteiger partial charge in [0.05, 0.1) is 17.4 Å². The summed E-state index contributed by atoms with van der Waals surface area (Å²) in [7, 11) is -3.42. The van der Waals surface area contributed by atoms with Gasteiger partial charge in [0, 0.05) is 29.9 Å². The van der Waals surface area contributed by atoms with Gasteiger partial charge in [-0.25, -0.2) is 8.42 Å². The Hall–Kier alpha value is -1.54. The van der Waals surface area contributed by atoms with Gasteiger partial charge in [0.15, 0.2) is 9.84 Å². The van der Waals surface area contributed by atoms with Gasteiger partial charge in [-0.3, -0.25) is 9.59 Å². The summed E-state index contributed by atoms with van der Waals surface area (Å²) in [5.74, 6) is 0.0881. The van der Waals surface area contributed by atoms with Crippen LogP contribution in [0.15, 0.2) is 23.1 Å². The van der Waals surface area contributed by atoms with Crippen LogP contribution < -0.4 is 0 Å². The molecule has 1 atom stereocenters. The van der Waals surface area contributed by atoms with Crippen LogP contribution in [-0.4, -0.2) is 60.6 Å². The molecule has 132 valence electrons. The van der Waals surface area contributed by atoms with Crippen LogP contribution in [0.4, 0.5) is 0 Å². The van der Waals surface area contributed by atoms with E-state index in [1.165, 1.54) is 12.1 Å². The molecule has 1 unspecified atom stereocenters. The van der Waals surface area contributed by atoms with E-state index in [0.29, 0.717) is 24.3 Å². The largest absolute Gasteiger partial charge is 0.481 e. The van der Waals surface area contributed by atoms with Crippen molar-refractivity contribution in [2.75, 3.05) is 24.3 Å². The van der Waals surface area contributed by atoms with Gasteiger partial charge in [-0.2, -0.15) is 11.8 Å². The number of sulfone groups is 1. The van der Waals surface area contributed by atoms with Crippen LogP contribution in [0.5, 0.6) is 0 Å². The third-order valence-corrected chi connectivity index (χ3v) is 6.22. The number of aryl methyl sites for hydroxylation is 1. The first-order valence-electron chi connectivity index (χ1n) is 7.67. The predicted molar refractivity (Wildman–Crippen MR) is 93.3 cm³/mol. The monoisotopic (exact) mass is 371 g/mol. The summed E-state index contributed by atoms with van der Waals surface area (Å²) >= 11 is 1.63. The quantitative estimate of drug-likeness (QED) is 0.847. The zero-order valence-electron chi connectivity index (χ0n) is 13.7. The minimum Gasteiger partial charge on any atom is -0.481 e. The molecule has 0 aliphatic carbocycles. The first-order valence-corrected chi connectivity index (χ1v) is 10.7. The Labute approximate surface area is 146 Å². The summed E-state index contributed by atoms with van der Waals surface area (Å²) in [5.41, 5.74) is 1.11. The van der Waals surface area contributed by atoms with E-state index < -0.39 is 15.8 Å². The number of aliphatic carboxylic acids is 1. The molecule has 1 aromatic carbocycles. The van der Waals surface area contributed by atoms with Crippen LogP contribution in [0.1, 0.15) is 29.3 Å². The van der Waals surface area contributed by atoms with Gasteiger partial charge < -0.3 is 10.0 Å². The highest BCUT2D eigenvalue weighted by Gasteiger charge is 2.30. The van der Waals surface area contributed by atoms with Gasteiger partial charge in [-0.05, 0) is 24.1 Å². The SMILES string of the molecule is CCc1ccc(S(C)(=O)=O)cc1C(=O)N1CCSCC1CC(=O)O. The van der Waals surface area contributed by atoms with Gasteiger partial charge in [-0.1, -0.05) is 13.0 Å². The number of nitrogens with zero attached hydrogens (tertiary/aromatic N) is 1. The molecule has 1 aromatic rings. The molecule has 0 saturated carbocycles. The lowest BCUT2D eigenvalue weighted by molar-refractivity contribution is -0.138. The number of amides is 1. The Morgan fingerprint density at radius 1 is 1.38 bits per heavy atom. The van der Waals surface area contributed by atoms with Crippen LogP contribution in [0.2, 0.25) is 0 Å². The molecule has 1 amide bonds. The summed E-state index contributed by atoms with van der Waals surface area (Å²) in [4.78, 5) is 25.7. The predicted octanol–water partition coefficient (Wildman–Crippen LogP) is 1.68. The van der Waals surface area contributed by atoms with E-state index >= 15 is 0 Å². The molecule has 0 radical (unpaired) electrons. The lowest BCUT2D eigenvalue weighted by atomic mass is 10.0. The second-order valence-corrected chi connectivity index (χ2v) is 8.94. The second kappa shape index (κ2) is 7.57. The topological polar surface area (TPSA) is 91.8 Å². The fraction of sp³-hybridized carbons (Fsp3) is 0.500. The number of thioether (sulfide) groups is 1.